The number of pyridine rings is 1. The molecule has 0 atom stereocenters. The van der Waals surface area contributed by atoms with Crippen molar-refractivity contribution in [3.05, 3.63) is 46.6 Å². The fourth-order valence-corrected chi connectivity index (χ4v) is 3.27. The van der Waals surface area contributed by atoms with Crippen molar-refractivity contribution in [2.45, 2.75) is 0 Å². The van der Waals surface area contributed by atoms with Gasteiger partial charge in [-0.2, -0.15) is 0 Å². The van der Waals surface area contributed by atoms with Crippen LogP contribution in [0.2, 0.25) is 10.0 Å². The summed E-state index contributed by atoms with van der Waals surface area (Å²) >= 11 is 12.3. The van der Waals surface area contributed by atoms with Gasteiger partial charge in [-0.25, -0.2) is 9.97 Å². The van der Waals surface area contributed by atoms with Crippen molar-refractivity contribution in [2.24, 2.45) is 0 Å². The lowest BCUT2D eigenvalue weighted by Crippen LogP contribution is -2.47. The maximum absolute atomic E-state index is 6.23. The van der Waals surface area contributed by atoms with E-state index in [9.17, 15) is 0 Å². The van der Waals surface area contributed by atoms with E-state index >= 15 is 0 Å². The molecule has 0 bridgehead atoms. The predicted molar refractivity (Wildman–Crippen MR) is 94.8 cm³/mol. The highest BCUT2D eigenvalue weighted by Gasteiger charge is 2.21. The highest BCUT2D eigenvalue weighted by atomic mass is 35.5. The zero-order valence-corrected chi connectivity index (χ0v) is 13.8. The first-order valence-corrected chi connectivity index (χ1v) is 8.22. The summed E-state index contributed by atoms with van der Waals surface area (Å²) in [5.74, 6) is 1.74. The number of rotatable bonds is 2. The third-order valence-electron chi connectivity index (χ3n) is 4.05. The number of anilines is 2. The van der Waals surface area contributed by atoms with Crippen molar-refractivity contribution in [3.63, 3.8) is 0 Å². The minimum Gasteiger partial charge on any atom is -0.352 e. The fourth-order valence-electron chi connectivity index (χ4n) is 2.86. The molecule has 4 rings (SSSR count). The van der Waals surface area contributed by atoms with E-state index in [4.69, 9.17) is 23.2 Å². The molecule has 0 unspecified atom stereocenters. The second kappa shape index (κ2) is 5.91. The highest BCUT2D eigenvalue weighted by Crippen LogP contribution is 2.25. The van der Waals surface area contributed by atoms with Crippen molar-refractivity contribution in [1.82, 2.24) is 15.0 Å². The van der Waals surface area contributed by atoms with Crippen LogP contribution in [0.3, 0.4) is 0 Å². The summed E-state index contributed by atoms with van der Waals surface area (Å²) in [5, 5.41) is 1.40. The van der Waals surface area contributed by atoms with Gasteiger partial charge in [0.15, 0.2) is 0 Å². The van der Waals surface area contributed by atoms with Gasteiger partial charge < -0.3 is 14.8 Å². The van der Waals surface area contributed by atoms with Crippen LogP contribution in [0.25, 0.3) is 11.0 Å². The van der Waals surface area contributed by atoms with E-state index in [1.54, 1.807) is 6.20 Å². The van der Waals surface area contributed by atoms with Crippen molar-refractivity contribution in [3.8, 4) is 0 Å². The Kier molecular flexibility index (Phi) is 3.75. The van der Waals surface area contributed by atoms with E-state index in [1.807, 2.05) is 30.3 Å². The second-order valence-electron chi connectivity index (χ2n) is 5.50. The smallest absolute Gasteiger partial charge is 0.203 e. The number of piperazine rings is 1. The zero-order chi connectivity index (χ0) is 15.8. The number of H-pyrrole nitrogens is 1. The highest BCUT2D eigenvalue weighted by molar-refractivity contribution is 6.33. The minimum absolute atomic E-state index is 0.694. The number of hydrogen-bond acceptors (Lipinski definition) is 4. The van der Waals surface area contributed by atoms with Crippen LogP contribution < -0.4 is 9.80 Å². The Hall–Kier alpha value is -1.98. The molecular weight excluding hydrogens is 333 g/mol. The Morgan fingerprint density at radius 2 is 1.78 bits per heavy atom. The quantitative estimate of drug-likeness (QED) is 0.769. The van der Waals surface area contributed by atoms with E-state index < -0.39 is 0 Å². The number of halogens is 2. The molecule has 0 aliphatic carbocycles. The van der Waals surface area contributed by atoms with Gasteiger partial charge in [-0.3, -0.25) is 0 Å². The van der Waals surface area contributed by atoms with E-state index in [0.717, 1.165) is 49.0 Å². The maximum Gasteiger partial charge on any atom is 0.203 e. The number of fused-ring (bicyclic) bond motifs is 1. The van der Waals surface area contributed by atoms with E-state index in [0.29, 0.717) is 10.0 Å². The molecule has 1 aliphatic rings. The molecule has 118 valence electrons. The van der Waals surface area contributed by atoms with E-state index in [2.05, 4.69) is 24.8 Å². The van der Waals surface area contributed by atoms with Crippen molar-refractivity contribution in [2.75, 3.05) is 36.0 Å². The third-order valence-corrected chi connectivity index (χ3v) is 4.58. The maximum atomic E-state index is 6.23. The molecule has 0 radical (unpaired) electrons. The Bertz CT molecular complexity index is 839. The summed E-state index contributed by atoms with van der Waals surface area (Å²) in [5.41, 5.74) is 1.89. The molecule has 0 spiro atoms. The van der Waals surface area contributed by atoms with Crippen LogP contribution in [0.4, 0.5) is 11.8 Å². The number of benzene rings is 1. The summed E-state index contributed by atoms with van der Waals surface area (Å²) in [6, 6.07) is 9.41. The summed E-state index contributed by atoms with van der Waals surface area (Å²) in [6.45, 7) is 3.43. The van der Waals surface area contributed by atoms with Gasteiger partial charge in [0, 0.05) is 37.4 Å². The fraction of sp³-hybridized carbons (Fsp3) is 0.250. The number of aromatic amines is 1. The van der Waals surface area contributed by atoms with Gasteiger partial charge in [0.1, 0.15) is 5.82 Å². The summed E-state index contributed by atoms with van der Waals surface area (Å²) < 4.78 is 0. The first-order chi connectivity index (χ1) is 11.2. The van der Waals surface area contributed by atoms with Gasteiger partial charge in [0.25, 0.3) is 0 Å². The van der Waals surface area contributed by atoms with Gasteiger partial charge in [0.05, 0.1) is 16.1 Å². The van der Waals surface area contributed by atoms with Crippen LogP contribution in [0.5, 0.6) is 0 Å². The SMILES string of the molecule is Clc1ccc2nc(N3CCN(c4ncccc4Cl)CC3)[nH]c2c1. The Labute approximate surface area is 143 Å². The monoisotopic (exact) mass is 347 g/mol. The number of aromatic nitrogens is 3. The van der Waals surface area contributed by atoms with E-state index in [1.165, 1.54) is 0 Å². The lowest BCUT2D eigenvalue weighted by Gasteiger charge is -2.35. The van der Waals surface area contributed by atoms with Crippen LogP contribution >= 0.6 is 23.2 Å². The largest absolute Gasteiger partial charge is 0.352 e. The van der Waals surface area contributed by atoms with Gasteiger partial charge in [-0.15, -0.1) is 0 Å². The molecule has 5 nitrogen and oxygen atoms in total. The molecule has 23 heavy (non-hydrogen) atoms. The van der Waals surface area contributed by atoms with Crippen molar-refractivity contribution < 1.29 is 0 Å². The van der Waals surface area contributed by atoms with Gasteiger partial charge >= 0.3 is 0 Å². The Morgan fingerprint density at radius 3 is 2.57 bits per heavy atom. The number of nitrogens with zero attached hydrogens (tertiary/aromatic N) is 4. The lowest BCUT2D eigenvalue weighted by molar-refractivity contribution is 0.638. The molecule has 1 saturated heterocycles. The topological polar surface area (TPSA) is 48.1 Å². The molecule has 1 aromatic carbocycles. The Morgan fingerprint density at radius 1 is 1.00 bits per heavy atom. The molecular formula is C16H15Cl2N5. The number of imidazole rings is 1. The summed E-state index contributed by atoms with van der Waals surface area (Å²) in [6.07, 6.45) is 1.77. The zero-order valence-electron chi connectivity index (χ0n) is 12.3. The molecule has 1 fully saturated rings. The van der Waals surface area contributed by atoms with Gasteiger partial charge in [0.2, 0.25) is 5.95 Å². The first kappa shape index (κ1) is 14.6. The summed E-state index contributed by atoms with van der Waals surface area (Å²) in [4.78, 5) is 16.8. The van der Waals surface area contributed by atoms with Crippen LogP contribution in [0.15, 0.2) is 36.5 Å². The average Bonchev–Trinajstić information content (AvgIpc) is 2.98. The third kappa shape index (κ3) is 2.82. The number of hydrogen-bond donors (Lipinski definition) is 1. The van der Waals surface area contributed by atoms with Crippen LogP contribution in [-0.4, -0.2) is 41.1 Å². The average molecular weight is 348 g/mol. The molecule has 2 aromatic heterocycles. The first-order valence-electron chi connectivity index (χ1n) is 7.46. The lowest BCUT2D eigenvalue weighted by atomic mass is 10.3. The summed E-state index contributed by atoms with van der Waals surface area (Å²) in [7, 11) is 0. The number of nitrogens with one attached hydrogen (secondary N) is 1. The van der Waals surface area contributed by atoms with Crippen LogP contribution in [0, 0.1) is 0 Å². The predicted octanol–water partition coefficient (Wildman–Crippen LogP) is 3.59. The molecule has 3 heterocycles. The molecule has 0 amide bonds. The van der Waals surface area contributed by atoms with Crippen LogP contribution in [0.1, 0.15) is 0 Å². The second-order valence-corrected chi connectivity index (χ2v) is 6.35. The normalized spacial score (nSPS) is 15.4. The molecule has 0 saturated carbocycles. The van der Waals surface area contributed by atoms with Crippen molar-refractivity contribution >= 4 is 46.0 Å². The van der Waals surface area contributed by atoms with Crippen molar-refractivity contribution in [1.29, 1.82) is 0 Å². The molecule has 1 aliphatic heterocycles. The molecule has 1 N–H and O–H groups in total. The van der Waals surface area contributed by atoms with Gasteiger partial charge in [-0.05, 0) is 30.3 Å². The standard InChI is InChI=1S/C16H15Cl2N5/c17-11-3-4-13-14(10-11)21-16(20-13)23-8-6-22(7-9-23)15-12(18)2-1-5-19-15/h1-5,10H,6-9H2,(H,20,21). The van der Waals surface area contributed by atoms with E-state index in [-0.39, 0.29) is 0 Å². The Balaban J connectivity index is 1.51. The van der Waals surface area contributed by atoms with Gasteiger partial charge in [-0.1, -0.05) is 23.2 Å². The molecule has 7 heteroatoms. The molecule has 3 aromatic rings. The minimum atomic E-state index is 0.694. The van der Waals surface area contributed by atoms with Crippen LogP contribution in [-0.2, 0) is 0 Å².